The fourth-order valence-electron chi connectivity index (χ4n) is 1.78. The predicted octanol–water partition coefficient (Wildman–Crippen LogP) is 1.73. The quantitative estimate of drug-likeness (QED) is 0.841. The molecule has 0 aliphatic carbocycles. The molecule has 0 bridgehead atoms. The predicted molar refractivity (Wildman–Crippen MR) is 72.8 cm³/mol. The Kier molecular flexibility index (Phi) is 3.50. The van der Waals surface area contributed by atoms with E-state index in [0.717, 1.165) is 18.4 Å². The highest BCUT2D eigenvalue weighted by atomic mass is 32.2. The normalized spacial score (nSPS) is 11.2. The minimum atomic E-state index is -3.70. The third-order valence-corrected chi connectivity index (χ3v) is 3.88. The van der Waals surface area contributed by atoms with Crippen molar-refractivity contribution >= 4 is 15.6 Å². The number of carbonyl (C=O) groups is 1. The van der Waals surface area contributed by atoms with Gasteiger partial charge in [-0.2, -0.15) is 0 Å². The van der Waals surface area contributed by atoms with Gasteiger partial charge in [0, 0.05) is 17.9 Å². The topological polar surface area (TPSA) is 91.7 Å². The van der Waals surface area contributed by atoms with Gasteiger partial charge in [0.05, 0.1) is 5.56 Å². The van der Waals surface area contributed by atoms with E-state index < -0.39 is 32.0 Å². The molecule has 0 atom stereocenters. The van der Waals surface area contributed by atoms with Gasteiger partial charge in [-0.05, 0) is 6.07 Å². The summed E-state index contributed by atoms with van der Waals surface area (Å²) in [7, 11) is -3.70. The standard InChI is InChI=1S/C14H12O5S/c1-20(18,19)13-7-10(11(15)8-12(13)16)14(17)9-5-3-2-4-6-9/h2-8,15-16H,1H3. The lowest BCUT2D eigenvalue weighted by atomic mass is 10.0. The maximum absolute atomic E-state index is 12.2. The first-order chi connectivity index (χ1) is 9.30. The van der Waals surface area contributed by atoms with E-state index in [2.05, 4.69) is 0 Å². The highest BCUT2D eigenvalue weighted by molar-refractivity contribution is 7.90. The summed E-state index contributed by atoms with van der Waals surface area (Å²) >= 11 is 0. The zero-order valence-corrected chi connectivity index (χ0v) is 11.4. The van der Waals surface area contributed by atoms with Crippen molar-refractivity contribution in [2.45, 2.75) is 4.90 Å². The minimum Gasteiger partial charge on any atom is -0.507 e. The Hall–Kier alpha value is -2.34. The first-order valence-corrected chi connectivity index (χ1v) is 7.55. The summed E-state index contributed by atoms with van der Waals surface area (Å²) in [6.07, 6.45) is 0.913. The molecule has 2 N–H and O–H groups in total. The molecule has 0 spiro atoms. The molecule has 104 valence electrons. The minimum absolute atomic E-state index is 0.172. The number of benzene rings is 2. The van der Waals surface area contributed by atoms with Crippen molar-refractivity contribution < 1.29 is 23.4 Å². The van der Waals surface area contributed by atoms with Gasteiger partial charge in [0.2, 0.25) is 0 Å². The van der Waals surface area contributed by atoms with Crippen LogP contribution in [0.3, 0.4) is 0 Å². The van der Waals surface area contributed by atoms with Gasteiger partial charge < -0.3 is 10.2 Å². The zero-order chi connectivity index (χ0) is 14.9. The maximum Gasteiger partial charge on any atom is 0.196 e. The molecule has 0 saturated carbocycles. The van der Waals surface area contributed by atoms with Crippen molar-refractivity contribution in [3.63, 3.8) is 0 Å². The first kappa shape index (κ1) is 14.1. The molecule has 20 heavy (non-hydrogen) atoms. The molecule has 0 amide bonds. The fraction of sp³-hybridized carbons (Fsp3) is 0.0714. The van der Waals surface area contributed by atoms with Crippen LogP contribution in [-0.4, -0.2) is 30.7 Å². The second kappa shape index (κ2) is 4.97. The first-order valence-electron chi connectivity index (χ1n) is 5.66. The molecule has 2 rings (SSSR count). The van der Waals surface area contributed by atoms with Crippen LogP contribution in [-0.2, 0) is 9.84 Å². The van der Waals surface area contributed by atoms with E-state index in [1.807, 2.05) is 0 Å². The summed E-state index contributed by atoms with van der Waals surface area (Å²) in [4.78, 5) is 11.8. The van der Waals surface area contributed by atoms with Gasteiger partial charge in [0.15, 0.2) is 15.6 Å². The van der Waals surface area contributed by atoms with E-state index in [-0.39, 0.29) is 5.56 Å². The number of phenolic OH excluding ortho intramolecular Hbond substituents is 2. The lowest BCUT2D eigenvalue weighted by Gasteiger charge is -2.08. The van der Waals surface area contributed by atoms with Crippen molar-refractivity contribution in [1.82, 2.24) is 0 Å². The van der Waals surface area contributed by atoms with Crippen LogP contribution in [0.2, 0.25) is 0 Å². The van der Waals surface area contributed by atoms with Gasteiger partial charge in [-0.25, -0.2) is 8.42 Å². The largest absolute Gasteiger partial charge is 0.507 e. The van der Waals surface area contributed by atoms with E-state index in [1.54, 1.807) is 30.3 Å². The van der Waals surface area contributed by atoms with Crippen LogP contribution < -0.4 is 0 Å². The SMILES string of the molecule is CS(=O)(=O)c1cc(C(=O)c2ccccc2)c(O)cc1O. The van der Waals surface area contributed by atoms with Crippen molar-refractivity contribution in [1.29, 1.82) is 0 Å². The summed E-state index contributed by atoms with van der Waals surface area (Å²) in [6, 6.07) is 9.98. The maximum atomic E-state index is 12.2. The Balaban J connectivity index is 2.61. The molecule has 0 fully saturated rings. The van der Waals surface area contributed by atoms with Gasteiger partial charge in [0.25, 0.3) is 0 Å². The second-order valence-electron chi connectivity index (χ2n) is 4.30. The molecule has 0 heterocycles. The fourth-order valence-corrected chi connectivity index (χ4v) is 2.55. The van der Waals surface area contributed by atoms with Crippen LogP contribution in [0.25, 0.3) is 0 Å². The number of phenols is 2. The van der Waals surface area contributed by atoms with Crippen LogP contribution >= 0.6 is 0 Å². The Bertz CT molecular complexity index is 764. The monoisotopic (exact) mass is 292 g/mol. The second-order valence-corrected chi connectivity index (χ2v) is 6.29. The summed E-state index contributed by atoms with van der Waals surface area (Å²) in [6.45, 7) is 0. The van der Waals surface area contributed by atoms with Crippen LogP contribution in [0.15, 0.2) is 47.4 Å². The van der Waals surface area contributed by atoms with Crippen LogP contribution in [0.4, 0.5) is 0 Å². The smallest absolute Gasteiger partial charge is 0.196 e. The number of sulfone groups is 1. The van der Waals surface area contributed by atoms with Gasteiger partial charge in [0.1, 0.15) is 16.4 Å². The van der Waals surface area contributed by atoms with Gasteiger partial charge in [-0.1, -0.05) is 30.3 Å². The number of rotatable bonds is 3. The average Bonchev–Trinajstić information content (AvgIpc) is 2.37. The molecule has 0 aliphatic heterocycles. The Morgan fingerprint density at radius 3 is 2.15 bits per heavy atom. The van der Waals surface area contributed by atoms with E-state index in [9.17, 15) is 23.4 Å². The number of aromatic hydroxyl groups is 2. The van der Waals surface area contributed by atoms with Crippen LogP contribution in [0.1, 0.15) is 15.9 Å². The number of hydrogen-bond acceptors (Lipinski definition) is 5. The molecule has 0 radical (unpaired) electrons. The lowest BCUT2D eigenvalue weighted by molar-refractivity contribution is 0.103. The Labute approximate surface area is 116 Å². The average molecular weight is 292 g/mol. The molecule has 0 aliphatic rings. The molecule has 2 aromatic carbocycles. The van der Waals surface area contributed by atoms with E-state index in [1.165, 1.54) is 0 Å². The molecule has 0 saturated heterocycles. The van der Waals surface area contributed by atoms with Gasteiger partial charge in [-0.15, -0.1) is 0 Å². The lowest BCUT2D eigenvalue weighted by Crippen LogP contribution is -2.05. The molecule has 0 aromatic heterocycles. The molecular formula is C14H12O5S. The van der Waals surface area contributed by atoms with Crippen molar-refractivity contribution in [2.75, 3.05) is 6.26 Å². The Morgan fingerprint density at radius 1 is 1.00 bits per heavy atom. The van der Waals surface area contributed by atoms with Crippen molar-refractivity contribution in [2.24, 2.45) is 0 Å². The van der Waals surface area contributed by atoms with E-state index >= 15 is 0 Å². The van der Waals surface area contributed by atoms with Gasteiger partial charge >= 0.3 is 0 Å². The molecule has 2 aromatic rings. The molecule has 5 nitrogen and oxygen atoms in total. The van der Waals surface area contributed by atoms with Crippen molar-refractivity contribution in [3.05, 3.63) is 53.6 Å². The summed E-state index contributed by atoms with van der Waals surface area (Å²) in [5.41, 5.74) is 0.141. The highest BCUT2D eigenvalue weighted by Gasteiger charge is 2.21. The number of ketones is 1. The molecular weight excluding hydrogens is 280 g/mol. The van der Waals surface area contributed by atoms with Gasteiger partial charge in [-0.3, -0.25) is 4.79 Å². The van der Waals surface area contributed by atoms with Crippen LogP contribution in [0.5, 0.6) is 11.5 Å². The molecule has 0 unspecified atom stereocenters. The van der Waals surface area contributed by atoms with Crippen molar-refractivity contribution in [3.8, 4) is 11.5 Å². The number of carbonyl (C=O) groups excluding carboxylic acids is 1. The number of hydrogen-bond donors (Lipinski definition) is 2. The summed E-state index contributed by atoms with van der Waals surface area (Å²) in [5, 5.41) is 19.3. The van der Waals surface area contributed by atoms with E-state index in [4.69, 9.17) is 0 Å². The zero-order valence-electron chi connectivity index (χ0n) is 10.6. The molecule has 6 heteroatoms. The Morgan fingerprint density at radius 2 is 1.60 bits per heavy atom. The third kappa shape index (κ3) is 2.65. The van der Waals surface area contributed by atoms with E-state index in [0.29, 0.717) is 5.56 Å². The third-order valence-electron chi connectivity index (χ3n) is 2.76. The summed E-state index contributed by atoms with van der Waals surface area (Å²) < 4.78 is 23.0. The van der Waals surface area contributed by atoms with Crippen LogP contribution in [0, 0.1) is 0 Å². The summed E-state index contributed by atoms with van der Waals surface area (Å²) in [5.74, 6) is -1.58. The highest BCUT2D eigenvalue weighted by Crippen LogP contribution is 2.31.